The molecular formula is C45H32N4O. The molecule has 0 saturated heterocycles. The first kappa shape index (κ1) is 28.6. The van der Waals surface area contributed by atoms with Crippen molar-refractivity contribution in [3.8, 4) is 39.4 Å². The van der Waals surface area contributed by atoms with Crippen LogP contribution in [-0.4, -0.2) is 10.4 Å². The standard InChI is InChI=1S/C45H32N4O/c1-3-13-29(14-4-1)43-46-44(30-15-5-2-6-16-30)48-45(47-43)31-23-25-32(26-24-31)49-39-21-11-9-19-35(39)37-27-38-34-18-8-7-17-33(34)36-20-10-12-22-41(36)50-42(38)28-40(37)49/h1-28,43,45,47H,(H,46,48). The average Bonchev–Trinajstić information content (AvgIpc) is 3.43. The number of hydrogen-bond donors (Lipinski definition) is 2. The number of nitrogens with one attached hydrogen (secondary N) is 2. The minimum Gasteiger partial charge on any atom is -0.456 e. The maximum atomic E-state index is 6.73. The number of hydrogen-bond acceptors (Lipinski definition) is 4. The first-order chi connectivity index (χ1) is 24.8. The van der Waals surface area contributed by atoms with E-state index in [1.165, 1.54) is 21.9 Å². The smallest absolute Gasteiger partial charge is 0.137 e. The molecule has 0 amide bonds. The highest BCUT2D eigenvalue weighted by Crippen LogP contribution is 2.49. The van der Waals surface area contributed by atoms with Gasteiger partial charge in [0, 0.05) is 39.2 Å². The third-order valence-electron chi connectivity index (χ3n) is 9.90. The number of ether oxygens (including phenoxy) is 1. The highest BCUT2D eigenvalue weighted by atomic mass is 16.5. The summed E-state index contributed by atoms with van der Waals surface area (Å²) in [5.41, 5.74) is 11.2. The van der Waals surface area contributed by atoms with E-state index < -0.39 is 0 Å². The molecule has 2 aliphatic rings. The Labute approximate surface area is 290 Å². The fraction of sp³-hybridized carbons (Fsp3) is 0.0444. The Bertz CT molecular complexity index is 2570. The van der Waals surface area contributed by atoms with Gasteiger partial charge in [-0.15, -0.1) is 0 Å². The van der Waals surface area contributed by atoms with Gasteiger partial charge in [-0.05, 0) is 52.6 Å². The second-order valence-corrected chi connectivity index (χ2v) is 12.9. The van der Waals surface area contributed by atoms with Gasteiger partial charge in [0.25, 0.3) is 0 Å². The largest absolute Gasteiger partial charge is 0.456 e. The summed E-state index contributed by atoms with van der Waals surface area (Å²) in [5, 5.41) is 9.80. The van der Waals surface area contributed by atoms with Gasteiger partial charge in [0.1, 0.15) is 29.7 Å². The van der Waals surface area contributed by atoms with Crippen molar-refractivity contribution in [2.45, 2.75) is 12.3 Å². The van der Waals surface area contributed by atoms with Crippen molar-refractivity contribution in [1.82, 2.24) is 15.2 Å². The van der Waals surface area contributed by atoms with Gasteiger partial charge in [0.2, 0.25) is 0 Å². The lowest BCUT2D eigenvalue weighted by Gasteiger charge is -2.32. The highest BCUT2D eigenvalue weighted by molar-refractivity contribution is 6.12. The van der Waals surface area contributed by atoms with Crippen LogP contribution in [0.2, 0.25) is 0 Å². The van der Waals surface area contributed by atoms with E-state index in [-0.39, 0.29) is 12.3 Å². The number of fused-ring (bicyclic) bond motifs is 8. The lowest BCUT2D eigenvalue weighted by molar-refractivity contribution is 0.409. The van der Waals surface area contributed by atoms with Crippen LogP contribution in [0.1, 0.15) is 29.0 Å². The van der Waals surface area contributed by atoms with E-state index in [4.69, 9.17) is 9.73 Å². The van der Waals surface area contributed by atoms with E-state index in [9.17, 15) is 0 Å². The molecule has 5 nitrogen and oxygen atoms in total. The van der Waals surface area contributed by atoms with Crippen LogP contribution < -0.4 is 15.4 Å². The molecule has 2 aliphatic heterocycles. The lowest BCUT2D eigenvalue weighted by Crippen LogP contribution is -2.44. The molecule has 3 heterocycles. The van der Waals surface area contributed by atoms with Gasteiger partial charge >= 0.3 is 0 Å². The minimum atomic E-state index is -0.180. The fourth-order valence-corrected chi connectivity index (χ4v) is 7.51. The van der Waals surface area contributed by atoms with Crippen LogP contribution in [0, 0.1) is 0 Å². The van der Waals surface area contributed by atoms with Gasteiger partial charge in [0.15, 0.2) is 0 Å². The van der Waals surface area contributed by atoms with Crippen molar-refractivity contribution < 1.29 is 4.74 Å². The molecule has 238 valence electrons. The summed E-state index contributed by atoms with van der Waals surface area (Å²) in [4.78, 5) is 5.07. The SMILES string of the molecule is c1ccc(C2=NC(c3ccccc3)NC(c3ccc(-n4c5ccccc5c5cc6c(cc54)Oc4ccccc4-c4ccccc4-6)cc3)N2)cc1. The zero-order valence-electron chi connectivity index (χ0n) is 27.1. The number of para-hydroxylation sites is 2. The summed E-state index contributed by atoms with van der Waals surface area (Å²) in [6.45, 7) is 0. The second-order valence-electron chi connectivity index (χ2n) is 12.9. The molecule has 2 N–H and O–H groups in total. The van der Waals surface area contributed by atoms with E-state index in [0.717, 1.165) is 61.9 Å². The van der Waals surface area contributed by atoms with E-state index >= 15 is 0 Å². The Kier molecular flexibility index (Phi) is 6.64. The zero-order valence-corrected chi connectivity index (χ0v) is 27.1. The Balaban J connectivity index is 1.08. The zero-order chi connectivity index (χ0) is 33.0. The third kappa shape index (κ3) is 4.71. The summed E-state index contributed by atoms with van der Waals surface area (Å²) in [6.07, 6.45) is -0.315. The lowest BCUT2D eigenvalue weighted by atomic mass is 9.94. The fourth-order valence-electron chi connectivity index (χ4n) is 7.51. The van der Waals surface area contributed by atoms with Crippen LogP contribution in [0.3, 0.4) is 0 Å². The van der Waals surface area contributed by atoms with Crippen LogP contribution in [0.4, 0.5) is 0 Å². The van der Waals surface area contributed by atoms with Gasteiger partial charge in [-0.25, -0.2) is 4.99 Å². The molecule has 8 aromatic rings. The summed E-state index contributed by atoms with van der Waals surface area (Å²) in [5.74, 6) is 2.59. The van der Waals surface area contributed by atoms with E-state index in [1.807, 2.05) is 18.2 Å². The first-order valence-electron chi connectivity index (χ1n) is 17.0. The average molecular weight is 645 g/mol. The van der Waals surface area contributed by atoms with E-state index in [2.05, 4.69) is 167 Å². The normalized spacial score (nSPS) is 16.4. The summed E-state index contributed by atoms with van der Waals surface area (Å²) in [7, 11) is 0. The number of nitrogens with zero attached hydrogens (tertiary/aromatic N) is 2. The maximum Gasteiger partial charge on any atom is 0.137 e. The van der Waals surface area contributed by atoms with Crippen molar-refractivity contribution in [2.75, 3.05) is 0 Å². The topological polar surface area (TPSA) is 50.6 Å². The highest BCUT2D eigenvalue weighted by Gasteiger charge is 2.26. The summed E-state index contributed by atoms with van der Waals surface area (Å²) in [6, 6.07) is 59.7. The maximum absolute atomic E-state index is 6.73. The van der Waals surface area contributed by atoms with E-state index in [0.29, 0.717) is 0 Å². The molecule has 50 heavy (non-hydrogen) atoms. The molecule has 0 aliphatic carbocycles. The van der Waals surface area contributed by atoms with Gasteiger partial charge < -0.3 is 14.6 Å². The molecule has 0 bridgehead atoms. The Morgan fingerprint density at radius 2 is 1.16 bits per heavy atom. The first-order valence-corrected chi connectivity index (χ1v) is 17.0. The molecule has 0 radical (unpaired) electrons. The monoisotopic (exact) mass is 644 g/mol. The van der Waals surface area contributed by atoms with Gasteiger partial charge in [-0.2, -0.15) is 0 Å². The van der Waals surface area contributed by atoms with Crippen LogP contribution in [0.5, 0.6) is 11.5 Å². The molecule has 0 spiro atoms. The summed E-state index contributed by atoms with van der Waals surface area (Å²) >= 11 is 0. The second kappa shape index (κ2) is 11.6. The van der Waals surface area contributed by atoms with Gasteiger partial charge in [-0.3, -0.25) is 5.32 Å². The Morgan fingerprint density at radius 3 is 1.96 bits per heavy atom. The van der Waals surface area contributed by atoms with Crippen molar-refractivity contribution in [3.05, 3.63) is 187 Å². The Morgan fingerprint density at radius 1 is 0.500 bits per heavy atom. The number of amidine groups is 1. The Hall–Kier alpha value is -6.43. The van der Waals surface area contributed by atoms with Crippen molar-refractivity contribution in [3.63, 3.8) is 0 Å². The number of benzene rings is 7. The quantitative estimate of drug-likeness (QED) is 0.200. The molecule has 2 unspecified atom stereocenters. The van der Waals surface area contributed by atoms with Crippen molar-refractivity contribution in [1.29, 1.82) is 0 Å². The predicted octanol–water partition coefficient (Wildman–Crippen LogP) is 10.6. The number of rotatable bonds is 4. The van der Waals surface area contributed by atoms with Crippen LogP contribution >= 0.6 is 0 Å². The van der Waals surface area contributed by atoms with Crippen LogP contribution in [0.25, 0.3) is 49.7 Å². The third-order valence-corrected chi connectivity index (χ3v) is 9.90. The minimum absolute atomic E-state index is 0.135. The number of aliphatic imine (C=N–C) groups is 1. The van der Waals surface area contributed by atoms with Gasteiger partial charge in [0.05, 0.1) is 11.0 Å². The molecular weight excluding hydrogens is 613 g/mol. The number of aromatic nitrogens is 1. The van der Waals surface area contributed by atoms with Crippen molar-refractivity contribution in [2.24, 2.45) is 4.99 Å². The molecule has 1 aromatic heterocycles. The van der Waals surface area contributed by atoms with Crippen LogP contribution in [0.15, 0.2) is 175 Å². The van der Waals surface area contributed by atoms with E-state index in [1.54, 1.807) is 0 Å². The van der Waals surface area contributed by atoms with Crippen molar-refractivity contribution >= 4 is 27.6 Å². The predicted molar refractivity (Wildman–Crippen MR) is 203 cm³/mol. The molecule has 5 heteroatoms. The molecule has 0 saturated carbocycles. The molecule has 0 fully saturated rings. The molecule has 2 atom stereocenters. The molecule has 7 aromatic carbocycles. The van der Waals surface area contributed by atoms with Crippen LogP contribution in [-0.2, 0) is 0 Å². The summed E-state index contributed by atoms with van der Waals surface area (Å²) < 4.78 is 9.08. The molecule has 10 rings (SSSR count). The van der Waals surface area contributed by atoms with Gasteiger partial charge in [-0.1, -0.05) is 133 Å².